The Morgan fingerprint density at radius 3 is 1.94 bits per heavy atom. The van der Waals surface area contributed by atoms with Crippen molar-refractivity contribution in [2.75, 3.05) is 0 Å². The molecular formula is C15H21NS. The van der Waals surface area contributed by atoms with Gasteiger partial charge in [0.1, 0.15) is 0 Å². The maximum absolute atomic E-state index is 4.43. The fraction of sp³-hybridized carbons (Fsp3) is 0.533. The second-order valence-corrected chi connectivity index (χ2v) is 7.60. The molecule has 1 heterocycles. The Kier molecular flexibility index (Phi) is 2.81. The Balaban J connectivity index is 2.78. The van der Waals surface area contributed by atoms with E-state index in [9.17, 15) is 0 Å². The molecule has 0 N–H and O–H groups in total. The number of rotatable bonds is 0. The van der Waals surface area contributed by atoms with Gasteiger partial charge in [0.15, 0.2) is 0 Å². The van der Waals surface area contributed by atoms with Gasteiger partial charge in [-0.2, -0.15) is 0 Å². The molecule has 0 radical (unpaired) electrons. The third kappa shape index (κ3) is 2.37. The van der Waals surface area contributed by atoms with E-state index in [2.05, 4.69) is 58.7 Å². The summed E-state index contributed by atoms with van der Waals surface area (Å²) in [5, 5.41) is 0. The predicted molar refractivity (Wildman–Crippen MR) is 77.0 cm³/mol. The number of fused-ring (bicyclic) bond motifs is 1. The van der Waals surface area contributed by atoms with Crippen molar-refractivity contribution in [3.63, 3.8) is 0 Å². The summed E-state index contributed by atoms with van der Waals surface area (Å²) in [5.74, 6) is 0. The second kappa shape index (κ2) is 3.81. The number of nitrogens with zero attached hydrogens (tertiary/aromatic N) is 1. The molecule has 92 valence electrons. The van der Waals surface area contributed by atoms with Crippen LogP contribution in [0.25, 0.3) is 10.2 Å². The molecule has 0 bridgehead atoms. The van der Waals surface area contributed by atoms with E-state index in [0.29, 0.717) is 0 Å². The molecule has 0 saturated carbocycles. The van der Waals surface area contributed by atoms with Gasteiger partial charge in [-0.05, 0) is 34.1 Å². The van der Waals surface area contributed by atoms with Gasteiger partial charge in [0, 0.05) is 0 Å². The molecule has 1 nitrogen and oxygen atoms in total. The summed E-state index contributed by atoms with van der Waals surface area (Å²) in [7, 11) is 0. The first-order valence-electron chi connectivity index (χ1n) is 6.08. The smallest absolute Gasteiger partial charge is 0.0815 e. The first-order chi connectivity index (χ1) is 7.69. The Hall–Kier alpha value is -0.890. The molecule has 0 atom stereocenters. The highest BCUT2D eigenvalue weighted by Gasteiger charge is 2.25. The molecule has 1 aromatic heterocycles. The number of hydrogen-bond donors (Lipinski definition) is 0. The minimum absolute atomic E-state index is 0.167. The van der Waals surface area contributed by atoms with Crippen LogP contribution in [-0.4, -0.2) is 4.98 Å². The van der Waals surface area contributed by atoms with Crippen molar-refractivity contribution >= 4 is 21.6 Å². The van der Waals surface area contributed by atoms with Crippen LogP contribution in [0.5, 0.6) is 0 Å². The Labute approximate surface area is 108 Å². The van der Waals surface area contributed by atoms with Crippen molar-refractivity contribution in [2.45, 2.75) is 52.4 Å². The molecule has 0 spiro atoms. The van der Waals surface area contributed by atoms with Crippen LogP contribution in [0.3, 0.4) is 0 Å². The van der Waals surface area contributed by atoms with E-state index in [-0.39, 0.29) is 10.8 Å². The topological polar surface area (TPSA) is 12.9 Å². The minimum atomic E-state index is 0.167. The van der Waals surface area contributed by atoms with Crippen LogP contribution in [-0.2, 0) is 10.8 Å². The fourth-order valence-electron chi connectivity index (χ4n) is 2.14. The first kappa shape index (κ1) is 12.6. The molecule has 0 unspecified atom stereocenters. The highest BCUT2D eigenvalue weighted by atomic mass is 32.1. The molecule has 0 aliphatic heterocycles. The van der Waals surface area contributed by atoms with Gasteiger partial charge in [-0.1, -0.05) is 41.5 Å². The van der Waals surface area contributed by atoms with Gasteiger partial charge < -0.3 is 0 Å². The molecular weight excluding hydrogens is 226 g/mol. The summed E-state index contributed by atoms with van der Waals surface area (Å²) < 4.78 is 1.29. The molecule has 0 aliphatic rings. The van der Waals surface area contributed by atoms with Gasteiger partial charge in [0.25, 0.3) is 0 Å². The Bertz CT molecular complexity index is 490. The lowest BCUT2D eigenvalue weighted by Gasteiger charge is -2.30. The standard InChI is InChI=1S/C15H21NS/c1-14(2,3)10-7-12-13(17-9-16-12)8-11(10)15(4,5)6/h7-9H,1-6H3. The molecule has 0 aliphatic carbocycles. The lowest BCUT2D eigenvalue weighted by atomic mass is 9.75. The van der Waals surface area contributed by atoms with E-state index in [4.69, 9.17) is 0 Å². The zero-order valence-corrected chi connectivity index (χ0v) is 12.4. The minimum Gasteiger partial charge on any atom is -0.245 e. The SMILES string of the molecule is CC(C)(C)c1cc2ncsc2cc1C(C)(C)C. The van der Waals surface area contributed by atoms with Crippen LogP contribution in [0.15, 0.2) is 17.6 Å². The number of hydrogen-bond acceptors (Lipinski definition) is 2. The molecule has 1 aromatic carbocycles. The highest BCUT2D eigenvalue weighted by Crippen LogP contribution is 2.37. The molecule has 2 heteroatoms. The molecule has 0 fully saturated rings. The summed E-state index contributed by atoms with van der Waals surface area (Å²) in [6, 6.07) is 4.60. The van der Waals surface area contributed by atoms with E-state index in [1.807, 2.05) is 5.51 Å². The van der Waals surface area contributed by atoms with Crippen LogP contribution in [0, 0.1) is 0 Å². The van der Waals surface area contributed by atoms with E-state index in [1.54, 1.807) is 11.3 Å². The zero-order valence-electron chi connectivity index (χ0n) is 11.6. The molecule has 2 aromatic rings. The highest BCUT2D eigenvalue weighted by molar-refractivity contribution is 7.16. The van der Waals surface area contributed by atoms with E-state index in [1.165, 1.54) is 15.8 Å². The van der Waals surface area contributed by atoms with Gasteiger partial charge >= 0.3 is 0 Å². The van der Waals surface area contributed by atoms with Crippen LogP contribution in [0.1, 0.15) is 52.7 Å². The third-order valence-corrected chi connectivity index (χ3v) is 3.88. The summed E-state index contributed by atoms with van der Waals surface area (Å²) in [4.78, 5) is 4.43. The molecule has 0 amide bonds. The van der Waals surface area contributed by atoms with Gasteiger partial charge in [0.2, 0.25) is 0 Å². The van der Waals surface area contributed by atoms with Crippen molar-refractivity contribution in [1.29, 1.82) is 0 Å². The maximum atomic E-state index is 4.43. The van der Waals surface area contributed by atoms with E-state index < -0.39 is 0 Å². The summed E-state index contributed by atoms with van der Waals surface area (Å²) >= 11 is 1.73. The van der Waals surface area contributed by atoms with E-state index >= 15 is 0 Å². The fourth-order valence-corrected chi connectivity index (χ4v) is 2.84. The third-order valence-electron chi connectivity index (χ3n) is 3.09. The van der Waals surface area contributed by atoms with E-state index in [0.717, 1.165) is 5.52 Å². The van der Waals surface area contributed by atoms with Crippen molar-refractivity contribution in [3.05, 3.63) is 28.8 Å². The largest absolute Gasteiger partial charge is 0.245 e. The average Bonchev–Trinajstić information content (AvgIpc) is 2.59. The van der Waals surface area contributed by atoms with Crippen molar-refractivity contribution in [3.8, 4) is 0 Å². The number of thiazole rings is 1. The van der Waals surface area contributed by atoms with Gasteiger partial charge in [-0.25, -0.2) is 4.98 Å². The summed E-state index contributed by atoms with van der Waals surface area (Å²) in [6.07, 6.45) is 0. The predicted octanol–water partition coefficient (Wildman–Crippen LogP) is 4.89. The quantitative estimate of drug-likeness (QED) is 0.646. The lowest BCUT2D eigenvalue weighted by Crippen LogP contribution is -2.21. The van der Waals surface area contributed by atoms with Crippen LogP contribution < -0.4 is 0 Å². The maximum Gasteiger partial charge on any atom is 0.0815 e. The van der Waals surface area contributed by atoms with Crippen molar-refractivity contribution < 1.29 is 0 Å². The normalized spacial score (nSPS) is 13.3. The van der Waals surface area contributed by atoms with Gasteiger partial charge in [0.05, 0.1) is 15.7 Å². The Morgan fingerprint density at radius 2 is 1.41 bits per heavy atom. The number of aromatic nitrogens is 1. The average molecular weight is 247 g/mol. The van der Waals surface area contributed by atoms with Crippen LogP contribution in [0.4, 0.5) is 0 Å². The van der Waals surface area contributed by atoms with Crippen molar-refractivity contribution in [2.24, 2.45) is 0 Å². The molecule has 17 heavy (non-hydrogen) atoms. The molecule has 0 saturated heterocycles. The van der Waals surface area contributed by atoms with Crippen LogP contribution >= 0.6 is 11.3 Å². The van der Waals surface area contributed by atoms with Gasteiger partial charge in [-0.15, -0.1) is 11.3 Å². The summed E-state index contributed by atoms with van der Waals surface area (Å²) in [6.45, 7) is 13.7. The molecule has 2 rings (SSSR count). The zero-order chi connectivity index (χ0) is 12.8. The second-order valence-electron chi connectivity index (χ2n) is 6.72. The van der Waals surface area contributed by atoms with Gasteiger partial charge in [-0.3, -0.25) is 0 Å². The lowest BCUT2D eigenvalue weighted by molar-refractivity contribution is 0.531. The van der Waals surface area contributed by atoms with Crippen LogP contribution in [0.2, 0.25) is 0 Å². The monoisotopic (exact) mass is 247 g/mol. The Morgan fingerprint density at radius 1 is 0.882 bits per heavy atom. The number of benzene rings is 1. The van der Waals surface area contributed by atoms with Crippen molar-refractivity contribution in [1.82, 2.24) is 4.98 Å². The summed E-state index contributed by atoms with van der Waals surface area (Å²) in [5.41, 5.74) is 6.28. The first-order valence-corrected chi connectivity index (χ1v) is 6.96.